The molecule has 0 saturated heterocycles. The molecular formula is C18H29N3O2. The van der Waals surface area contributed by atoms with E-state index in [0.717, 1.165) is 31.5 Å². The Morgan fingerprint density at radius 3 is 2.61 bits per heavy atom. The van der Waals surface area contributed by atoms with Gasteiger partial charge >= 0.3 is 0 Å². The van der Waals surface area contributed by atoms with Gasteiger partial charge in [-0.05, 0) is 44.3 Å². The van der Waals surface area contributed by atoms with Gasteiger partial charge in [0.25, 0.3) is 0 Å². The summed E-state index contributed by atoms with van der Waals surface area (Å²) >= 11 is 0. The van der Waals surface area contributed by atoms with E-state index < -0.39 is 0 Å². The number of carbonyl (C=O) groups is 1. The normalized spacial score (nSPS) is 11.2. The maximum absolute atomic E-state index is 12.0. The van der Waals surface area contributed by atoms with Gasteiger partial charge < -0.3 is 20.3 Å². The predicted molar refractivity (Wildman–Crippen MR) is 96.5 cm³/mol. The van der Waals surface area contributed by atoms with Crippen molar-refractivity contribution in [3.63, 3.8) is 0 Å². The maximum atomic E-state index is 12.0. The molecule has 0 fully saturated rings. The fourth-order valence-corrected chi connectivity index (χ4v) is 1.94. The minimum atomic E-state index is 0.00308. The lowest BCUT2D eigenvalue weighted by Crippen LogP contribution is -2.25. The number of nitrogen functional groups attached to an aromatic ring is 1. The third kappa shape index (κ3) is 7.19. The number of hydrogen-bond acceptors (Lipinski definition) is 4. The summed E-state index contributed by atoms with van der Waals surface area (Å²) in [5, 5.41) is 0. The summed E-state index contributed by atoms with van der Waals surface area (Å²) in [6, 6.07) is 5.56. The van der Waals surface area contributed by atoms with Gasteiger partial charge in [-0.2, -0.15) is 0 Å². The summed E-state index contributed by atoms with van der Waals surface area (Å²) in [5.74, 6) is 0.679. The van der Waals surface area contributed by atoms with Gasteiger partial charge in [0.2, 0.25) is 5.91 Å². The summed E-state index contributed by atoms with van der Waals surface area (Å²) in [6.45, 7) is 4.31. The number of rotatable bonds is 9. The number of carbonyl (C=O) groups excluding carboxylic acids is 1. The highest BCUT2D eigenvalue weighted by Crippen LogP contribution is 2.23. The van der Waals surface area contributed by atoms with Gasteiger partial charge in [0.1, 0.15) is 12.4 Å². The third-order valence-corrected chi connectivity index (χ3v) is 3.47. The highest BCUT2D eigenvalue weighted by Gasteiger charge is 2.05. The van der Waals surface area contributed by atoms with Gasteiger partial charge in [-0.1, -0.05) is 19.4 Å². The van der Waals surface area contributed by atoms with Crippen LogP contribution in [-0.2, 0) is 4.79 Å². The van der Waals surface area contributed by atoms with Gasteiger partial charge in [0.05, 0.1) is 5.69 Å². The summed E-state index contributed by atoms with van der Waals surface area (Å²) in [4.78, 5) is 15.7. The van der Waals surface area contributed by atoms with Gasteiger partial charge in [-0.3, -0.25) is 4.79 Å². The Kier molecular flexibility index (Phi) is 8.19. The monoisotopic (exact) mass is 319 g/mol. The van der Waals surface area contributed by atoms with Gasteiger partial charge in [-0.15, -0.1) is 0 Å². The number of benzene rings is 1. The molecule has 0 radical (unpaired) electrons. The molecule has 5 nitrogen and oxygen atoms in total. The molecule has 0 aliphatic carbocycles. The van der Waals surface area contributed by atoms with Gasteiger partial charge in [0.15, 0.2) is 0 Å². The highest BCUT2D eigenvalue weighted by molar-refractivity contribution is 5.91. The first-order valence-electron chi connectivity index (χ1n) is 8.04. The van der Waals surface area contributed by atoms with Crippen LogP contribution in [0.25, 0.3) is 6.08 Å². The molecule has 128 valence electrons. The predicted octanol–water partition coefficient (Wildman–Crippen LogP) is 2.48. The summed E-state index contributed by atoms with van der Waals surface area (Å²) in [5.41, 5.74) is 7.47. The molecule has 0 heterocycles. The number of unbranched alkanes of at least 4 members (excludes halogenated alkanes) is 1. The van der Waals surface area contributed by atoms with Crippen LogP contribution in [0.4, 0.5) is 5.69 Å². The Hall–Kier alpha value is -2.01. The molecule has 1 amide bonds. The number of nitrogens with two attached hydrogens (primary N) is 1. The lowest BCUT2D eigenvalue weighted by molar-refractivity contribution is -0.124. The molecule has 2 N–H and O–H groups in total. The molecule has 0 spiro atoms. The van der Waals surface area contributed by atoms with E-state index in [-0.39, 0.29) is 5.91 Å². The van der Waals surface area contributed by atoms with E-state index in [1.807, 2.05) is 44.2 Å². The molecule has 1 aromatic carbocycles. The smallest absolute Gasteiger partial charge is 0.246 e. The van der Waals surface area contributed by atoms with E-state index in [2.05, 4.69) is 6.92 Å². The first kappa shape index (κ1) is 19.0. The van der Waals surface area contributed by atoms with Crippen LogP contribution in [0.15, 0.2) is 24.3 Å². The quantitative estimate of drug-likeness (QED) is 0.561. The number of ether oxygens (including phenoxy) is 1. The first-order valence-corrected chi connectivity index (χ1v) is 8.04. The number of nitrogens with zero attached hydrogens (tertiary/aromatic N) is 2. The summed E-state index contributed by atoms with van der Waals surface area (Å²) < 4.78 is 5.64. The van der Waals surface area contributed by atoms with E-state index in [1.165, 1.54) is 0 Å². The van der Waals surface area contributed by atoms with Crippen molar-refractivity contribution in [3.8, 4) is 5.75 Å². The van der Waals surface area contributed by atoms with Crippen LogP contribution in [0.2, 0.25) is 0 Å². The molecule has 0 unspecified atom stereocenters. The highest BCUT2D eigenvalue weighted by atomic mass is 16.5. The molecule has 0 saturated carbocycles. The molecule has 23 heavy (non-hydrogen) atoms. The van der Waals surface area contributed by atoms with Crippen molar-refractivity contribution in [2.75, 3.05) is 46.6 Å². The van der Waals surface area contributed by atoms with Crippen molar-refractivity contribution in [3.05, 3.63) is 29.8 Å². The van der Waals surface area contributed by atoms with Gasteiger partial charge in [-0.25, -0.2) is 0 Å². The Morgan fingerprint density at radius 2 is 2.00 bits per heavy atom. The SMILES string of the molecule is CCCCN(C)C(=O)/C=C\c1ccc(OCCN(C)C)c(N)c1. The molecule has 0 atom stereocenters. The van der Waals surface area contributed by atoms with Crippen molar-refractivity contribution in [1.29, 1.82) is 0 Å². The van der Waals surface area contributed by atoms with Crippen LogP contribution >= 0.6 is 0 Å². The second-order valence-electron chi connectivity index (χ2n) is 5.90. The zero-order valence-electron chi connectivity index (χ0n) is 14.7. The largest absolute Gasteiger partial charge is 0.490 e. The molecule has 0 aliphatic rings. The van der Waals surface area contributed by atoms with E-state index in [4.69, 9.17) is 10.5 Å². The van der Waals surface area contributed by atoms with Crippen molar-refractivity contribution in [2.45, 2.75) is 19.8 Å². The van der Waals surface area contributed by atoms with Crippen molar-refractivity contribution in [1.82, 2.24) is 9.80 Å². The average molecular weight is 319 g/mol. The fourth-order valence-electron chi connectivity index (χ4n) is 1.94. The zero-order chi connectivity index (χ0) is 17.2. The van der Waals surface area contributed by atoms with Crippen LogP contribution in [0.1, 0.15) is 25.3 Å². The maximum Gasteiger partial charge on any atom is 0.246 e. The number of hydrogen-bond donors (Lipinski definition) is 1. The summed E-state index contributed by atoms with van der Waals surface area (Å²) in [7, 11) is 5.81. The molecule has 0 aliphatic heterocycles. The second kappa shape index (κ2) is 9.90. The molecule has 0 aromatic heterocycles. The number of likely N-dealkylation sites (N-methyl/N-ethyl adjacent to an activating group) is 2. The molecule has 1 rings (SSSR count). The van der Waals surface area contributed by atoms with Gasteiger partial charge in [0, 0.05) is 26.2 Å². The second-order valence-corrected chi connectivity index (χ2v) is 5.90. The standard InChI is InChI=1S/C18H29N3O2/c1-5-6-11-21(4)18(22)10-8-15-7-9-17(16(19)14-15)23-13-12-20(2)3/h7-10,14H,5-6,11-13,19H2,1-4H3/b10-8-. The minimum absolute atomic E-state index is 0.00308. The van der Waals surface area contributed by atoms with Crippen molar-refractivity contribution < 1.29 is 9.53 Å². The average Bonchev–Trinajstić information content (AvgIpc) is 2.51. The lowest BCUT2D eigenvalue weighted by atomic mass is 10.1. The summed E-state index contributed by atoms with van der Waals surface area (Å²) in [6.07, 6.45) is 5.46. The minimum Gasteiger partial charge on any atom is -0.490 e. The first-order chi connectivity index (χ1) is 10.9. The molecule has 1 aromatic rings. The van der Waals surface area contributed by atoms with Crippen LogP contribution < -0.4 is 10.5 Å². The van der Waals surface area contributed by atoms with Crippen molar-refractivity contribution in [2.24, 2.45) is 0 Å². The van der Waals surface area contributed by atoms with E-state index in [1.54, 1.807) is 17.1 Å². The fraction of sp³-hybridized carbons (Fsp3) is 0.500. The molecular weight excluding hydrogens is 290 g/mol. The van der Waals surface area contributed by atoms with Crippen LogP contribution in [0.3, 0.4) is 0 Å². The van der Waals surface area contributed by atoms with E-state index >= 15 is 0 Å². The Morgan fingerprint density at radius 1 is 1.26 bits per heavy atom. The number of amides is 1. The topological polar surface area (TPSA) is 58.8 Å². The zero-order valence-corrected chi connectivity index (χ0v) is 14.7. The lowest BCUT2D eigenvalue weighted by Gasteiger charge is -2.14. The van der Waals surface area contributed by atoms with Crippen LogP contribution in [0.5, 0.6) is 5.75 Å². The van der Waals surface area contributed by atoms with Crippen LogP contribution in [-0.4, -0.2) is 56.5 Å². The Labute approximate surface area is 139 Å². The third-order valence-electron chi connectivity index (χ3n) is 3.47. The molecule has 0 bridgehead atoms. The van der Waals surface area contributed by atoms with Crippen molar-refractivity contribution >= 4 is 17.7 Å². The Balaban J connectivity index is 2.59. The number of anilines is 1. The van der Waals surface area contributed by atoms with E-state index in [0.29, 0.717) is 18.0 Å². The Bertz CT molecular complexity index is 527. The van der Waals surface area contributed by atoms with E-state index in [9.17, 15) is 4.79 Å². The molecule has 5 heteroatoms. The van der Waals surface area contributed by atoms with Crippen LogP contribution in [0, 0.1) is 0 Å².